The molecular formula is C16H16N2O2. The first-order valence-electron chi connectivity index (χ1n) is 6.52. The highest BCUT2D eigenvalue weighted by Gasteiger charge is 2.15. The van der Waals surface area contributed by atoms with Crippen molar-refractivity contribution in [2.45, 2.75) is 26.2 Å². The third-order valence-electron chi connectivity index (χ3n) is 3.17. The summed E-state index contributed by atoms with van der Waals surface area (Å²) >= 11 is 0. The molecule has 0 bridgehead atoms. The Bertz CT molecular complexity index is 689. The molecule has 0 spiro atoms. The van der Waals surface area contributed by atoms with Crippen molar-refractivity contribution in [3.63, 3.8) is 0 Å². The van der Waals surface area contributed by atoms with Gasteiger partial charge in [-0.1, -0.05) is 50.2 Å². The lowest BCUT2D eigenvalue weighted by Crippen LogP contribution is -2.10. The highest BCUT2D eigenvalue weighted by atomic mass is 16.5. The highest BCUT2D eigenvalue weighted by Crippen LogP contribution is 2.26. The Kier molecular flexibility index (Phi) is 2.93. The SMILES string of the molecule is CC(C)(C)c1ccc(-c2noc(-c3ccco3)n2)cc1. The molecule has 0 unspecified atom stereocenters. The van der Waals surface area contributed by atoms with E-state index >= 15 is 0 Å². The van der Waals surface area contributed by atoms with Gasteiger partial charge in [0.15, 0.2) is 5.76 Å². The quantitative estimate of drug-likeness (QED) is 0.695. The highest BCUT2D eigenvalue weighted by molar-refractivity contribution is 5.57. The number of furan rings is 1. The van der Waals surface area contributed by atoms with Crippen molar-refractivity contribution in [1.29, 1.82) is 0 Å². The average molecular weight is 268 g/mol. The molecule has 3 aromatic rings. The fourth-order valence-electron chi connectivity index (χ4n) is 1.96. The summed E-state index contributed by atoms with van der Waals surface area (Å²) in [7, 11) is 0. The van der Waals surface area contributed by atoms with Crippen LogP contribution in [0, 0.1) is 0 Å². The Labute approximate surface area is 117 Å². The second kappa shape index (κ2) is 4.63. The molecule has 4 nitrogen and oxygen atoms in total. The molecule has 0 atom stereocenters. The summed E-state index contributed by atoms with van der Waals surface area (Å²) in [5, 5.41) is 3.99. The summed E-state index contributed by atoms with van der Waals surface area (Å²) in [6.45, 7) is 6.56. The van der Waals surface area contributed by atoms with E-state index in [0.717, 1.165) is 5.56 Å². The molecule has 1 aromatic carbocycles. The van der Waals surface area contributed by atoms with E-state index in [1.165, 1.54) is 5.56 Å². The first kappa shape index (κ1) is 12.7. The summed E-state index contributed by atoms with van der Waals surface area (Å²) in [5.74, 6) is 1.54. The van der Waals surface area contributed by atoms with Crippen molar-refractivity contribution < 1.29 is 8.94 Å². The van der Waals surface area contributed by atoms with Gasteiger partial charge in [0.2, 0.25) is 5.82 Å². The van der Waals surface area contributed by atoms with Crippen molar-refractivity contribution in [3.8, 4) is 23.0 Å². The predicted octanol–water partition coefficient (Wildman–Crippen LogP) is 4.29. The zero-order chi connectivity index (χ0) is 14.2. The smallest absolute Gasteiger partial charge is 0.293 e. The molecule has 0 amide bonds. The number of hydrogen-bond acceptors (Lipinski definition) is 4. The first-order valence-corrected chi connectivity index (χ1v) is 6.52. The van der Waals surface area contributed by atoms with Crippen LogP contribution in [0.15, 0.2) is 51.6 Å². The standard InChI is InChI=1S/C16H16N2O2/c1-16(2,3)12-8-6-11(7-9-12)14-17-15(20-18-14)13-5-4-10-19-13/h4-10H,1-3H3. The molecule has 0 N–H and O–H groups in total. The fraction of sp³-hybridized carbons (Fsp3) is 0.250. The Hall–Kier alpha value is -2.36. The number of hydrogen-bond donors (Lipinski definition) is 0. The second-order valence-corrected chi connectivity index (χ2v) is 5.73. The summed E-state index contributed by atoms with van der Waals surface area (Å²) < 4.78 is 10.4. The van der Waals surface area contributed by atoms with Crippen LogP contribution in [0.3, 0.4) is 0 Å². The molecule has 0 aliphatic rings. The van der Waals surface area contributed by atoms with Crippen LogP contribution in [0.25, 0.3) is 23.0 Å². The number of aromatic nitrogens is 2. The molecule has 0 aliphatic carbocycles. The van der Waals surface area contributed by atoms with Crippen molar-refractivity contribution >= 4 is 0 Å². The van der Waals surface area contributed by atoms with Gasteiger partial charge in [-0.2, -0.15) is 4.98 Å². The van der Waals surface area contributed by atoms with Crippen LogP contribution in [0.5, 0.6) is 0 Å². The van der Waals surface area contributed by atoms with Gasteiger partial charge in [0.25, 0.3) is 5.89 Å². The summed E-state index contributed by atoms with van der Waals surface area (Å²) in [4.78, 5) is 4.34. The van der Waals surface area contributed by atoms with E-state index in [2.05, 4.69) is 43.0 Å². The lowest BCUT2D eigenvalue weighted by Gasteiger charge is -2.18. The van der Waals surface area contributed by atoms with Gasteiger partial charge < -0.3 is 8.94 Å². The summed E-state index contributed by atoms with van der Waals surface area (Å²) in [6, 6.07) is 11.8. The summed E-state index contributed by atoms with van der Waals surface area (Å²) in [5.41, 5.74) is 2.34. The Morgan fingerprint density at radius 2 is 1.75 bits per heavy atom. The van der Waals surface area contributed by atoms with Crippen LogP contribution < -0.4 is 0 Å². The maximum absolute atomic E-state index is 5.24. The van der Waals surface area contributed by atoms with Crippen molar-refractivity contribution in [1.82, 2.24) is 10.1 Å². The van der Waals surface area contributed by atoms with Gasteiger partial charge in [-0.15, -0.1) is 0 Å². The lowest BCUT2D eigenvalue weighted by molar-refractivity contribution is 0.417. The number of benzene rings is 1. The van der Waals surface area contributed by atoms with Crippen molar-refractivity contribution in [2.75, 3.05) is 0 Å². The van der Waals surface area contributed by atoms with Crippen molar-refractivity contribution in [3.05, 3.63) is 48.2 Å². The van der Waals surface area contributed by atoms with Gasteiger partial charge in [0.1, 0.15) is 0 Å². The van der Waals surface area contributed by atoms with Crippen LogP contribution in [-0.4, -0.2) is 10.1 Å². The van der Waals surface area contributed by atoms with E-state index in [9.17, 15) is 0 Å². The average Bonchev–Trinajstić information content (AvgIpc) is 3.09. The van der Waals surface area contributed by atoms with E-state index in [0.29, 0.717) is 17.5 Å². The Morgan fingerprint density at radius 3 is 2.35 bits per heavy atom. The van der Waals surface area contributed by atoms with E-state index in [-0.39, 0.29) is 5.41 Å². The Morgan fingerprint density at radius 1 is 1.00 bits per heavy atom. The topological polar surface area (TPSA) is 52.1 Å². The molecule has 3 rings (SSSR count). The van der Waals surface area contributed by atoms with Crippen LogP contribution in [0.4, 0.5) is 0 Å². The monoisotopic (exact) mass is 268 g/mol. The minimum absolute atomic E-state index is 0.134. The van der Waals surface area contributed by atoms with E-state index < -0.39 is 0 Å². The minimum Gasteiger partial charge on any atom is -0.459 e. The predicted molar refractivity (Wildman–Crippen MR) is 76.1 cm³/mol. The second-order valence-electron chi connectivity index (χ2n) is 5.73. The van der Waals surface area contributed by atoms with Gasteiger partial charge in [0, 0.05) is 5.56 Å². The normalized spacial score (nSPS) is 11.8. The molecular weight excluding hydrogens is 252 g/mol. The molecule has 102 valence electrons. The third-order valence-corrected chi connectivity index (χ3v) is 3.17. The summed E-state index contributed by atoms with van der Waals surface area (Å²) in [6.07, 6.45) is 1.58. The zero-order valence-electron chi connectivity index (χ0n) is 11.8. The molecule has 2 heterocycles. The largest absolute Gasteiger partial charge is 0.459 e. The van der Waals surface area contributed by atoms with Gasteiger partial charge in [0.05, 0.1) is 6.26 Å². The van der Waals surface area contributed by atoms with Crippen LogP contribution in [0.1, 0.15) is 26.3 Å². The maximum Gasteiger partial charge on any atom is 0.293 e. The molecule has 2 aromatic heterocycles. The minimum atomic E-state index is 0.134. The molecule has 0 saturated carbocycles. The lowest BCUT2D eigenvalue weighted by atomic mass is 9.87. The molecule has 0 radical (unpaired) electrons. The maximum atomic E-state index is 5.24. The first-order chi connectivity index (χ1) is 9.54. The fourth-order valence-corrected chi connectivity index (χ4v) is 1.96. The number of rotatable bonds is 2. The van der Waals surface area contributed by atoms with Crippen LogP contribution >= 0.6 is 0 Å². The van der Waals surface area contributed by atoms with Gasteiger partial charge in [-0.3, -0.25) is 0 Å². The van der Waals surface area contributed by atoms with Gasteiger partial charge in [-0.05, 0) is 23.1 Å². The molecule has 0 aliphatic heterocycles. The van der Waals surface area contributed by atoms with E-state index in [1.807, 2.05) is 12.1 Å². The Balaban J connectivity index is 1.90. The van der Waals surface area contributed by atoms with Crippen LogP contribution in [-0.2, 0) is 5.41 Å². The van der Waals surface area contributed by atoms with E-state index in [4.69, 9.17) is 8.94 Å². The third kappa shape index (κ3) is 2.37. The number of nitrogens with zero attached hydrogens (tertiary/aromatic N) is 2. The van der Waals surface area contributed by atoms with E-state index in [1.54, 1.807) is 18.4 Å². The van der Waals surface area contributed by atoms with Crippen LogP contribution in [0.2, 0.25) is 0 Å². The van der Waals surface area contributed by atoms with Gasteiger partial charge in [-0.25, -0.2) is 0 Å². The molecule has 4 heteroatoms. The molecule has 0 saturated heterocycles. The van der Waals surface area contributed by atoms with Crippen molar-refractivity contribution in [2.24, 2.45) is 0 Å². The molecule has 0 fully saturated rings. The zero-order valence-corrected chi connectivity index (χ0v) is 11.8. The van der Waals surface area contributed by atoms with Gasteiger partial charge >= 0.3 is 0 Å². The molecule has 20 heavy (non-hydrogen) atoms.